The highest BCUT2D eigenvalue weighted by Crippen LogP contribution is 2.11. The number of aliphatic hydroxyl groups is 1. The highest BCUT2D eigenvalue weighted by atomic mass is 16.3. The van der Waals surface area contributed by atoms with Crippen LogP contribution in [0.5, 0.6) is 0 Å². The van der Waals surface area contributed by atoms with Crippen LogP contribution in [0.2, 0.25) is 0 Å². The molecule has 1 unspecified atom stereocenters. The summed E-state index contributed by atoms with van der Waals surface area (Å²) in [5.74, 6) is 0. The van der Waals surface area contributed by atoms with Crippen LogP contribution in [0.4, 0.5) is 0 Å². The maximum absolute atomic E-state index is 9.67. The van der Waals surface area contributed by atoms with Crippen molar-refractivity contribution in [3.8, 4) is 0 Å². The number of rotatable bonds is 6. The van der Waals surface area contributed by atoms with E-state index < -0.39 is 0 Å². The van der Waals surface area contributed by atoms with Crippen molar-refractivity contribution in [1.29, 1.82) is 0 Å². The van der Waals surface area contributed by atoms with E-state index in [0.29, 0.717) is 19.5 Å². The first-order valence-corrected chi connectivity index (χ1v) is 6.15. The van der Waals surface area contributed by atoms with Crippen molar-refractivity contribution in [2.24, 2.45) is 5.73 Å². The largest absolute Gasteiger partial charge is 0.392 e. The molecule has 1 aromatic carbocycles. The molecule has 1 aromatic rings. The fourth-order valence-electron chi connectivity index (χ4n) is 1.92. The zero-order valence-corrected chi connectivity index (χ0v) is 11.1. The molecule has 0 fully saturated rings. The maximum Gasteiger partial charge on any atom is 0.0679 e. The van der Waals surface area contributed by atoms with E-state index in [1.165, 1.54) is 16.7 Å². The Bertz CT molecular complexity index is 352. The number of nitrogens with two attached hydrogens (primary N) is 1. The van der Waals surface area contributed by atoms with Crippen LogP contribution in [-0.2, 0) is 6.54 Å². The summed E-state index contributed by atoms with van der Waals surface area (Å²) in [6.07, 6.45) is 0.341. The van der Waals surface area contributed by atoms with E-state index in [4.69, 9.17) is 5.73 Å². The van der Waals surface area contributed by atoms with Gasteiger partial charge in [0.1, 0.15) is 0 Å². The summed E-state index contributed by atoms with van der Waals surface area (Å²) >= 11 is 0. The predicted octanol–water partition coefficient (Wildman–Crippen LogP) is 1.44. The number of hydrogen-bond donors (Lipinski definition) is 2. The molecule has 0 saturated heterocycles. The molecule has 0 radical (unpaired) electrons. The number of nitrogens with zero attached hydrogens (tertiary/aromatic N) is 1. The van der Waals surface area contributed by atoms with Crippen molar-refractivity contribution < 1.29 is 5.11 Å². The second-order valence-corrected chi connectivity index (χ2v) is 4.85. The third-order valence-corrected chi connectivity index (χ3v) is 3.05. The number of aliphatic hydroxyl groups excluding tert-OH is 1. The average molecular weight is 236 g/mol. The maximum atomic E-state index is 9.67. The van der Waals surface area contributed by atoms with Gasteiger partial charge in [0.2, 0.25) is 0 Å². The quantitative estimate of drug-likeness (QED) is 0.786. The molecule has 3 heteroatoms. The average Bonchev–Trinajstić information content (AvgIpc) is 2.23. The molecule has 0 saturated carbocycles. The molecule has 1 atom stereocenters. The zero-order chi connectivity index (χ0) is 12.8. The molecule has 3 N–H and O–H groups in total. The van der Waals surface area contributed by atoms with Crippen molar-refractivity contribution in [2.75, 3.05) is 20.1 Å². The van der Waals surface area contributed by atoms with Gasteiger partial charge in [-0.3, -0.25) is 4.90 Å². The second kappa shape index (κ2) is 6.74. The van der Waals surface area contributed by atoms with Crippen molar-refractivity contribution in [1.82, 2.24) is 4.90 Å². The Labute approximate surface area is 104 Å². The molecule has 17 heavy (non-hydrogen) atoms. The summed E-state index contributed by atoms with van der Waals surface area (Å²) < 4.78 is 0. The Balaban J connectivity index is 2.50. The summed E-state index contributed by atoms with van der Waals surface area (Å²) in [5.41, 5.74) is 9.34. The summed E-state index contributed by atoms with van der Waals surface area (Å²) in [7, 11) is 2.02. The molecule has 0 amide bonds. The first-order chi connectivity index (χ1) is 8.02. The third-order valence-electron chi connectivity index (χ3n) is 3.05. The van der Waals surface area contributed by atoms with Gasteiger partial charge >= 0.3 is 0 Å². The number of likely N-dealkylation sites (N-methyl/N-ethyl adjacent to an activating group) is 1. The Morgan fingerprint density at radius 3 is 2.59 bits per heavy atom. The lowest BCUT2D eigenvalue weighted by atomic mass is 10.1. The topological polar surface area (TPSA) is 49.5 Å². The smallest absolute Gasteiger partial charge is 0.0679 e. The van der Waals surface area contributed by atoms with E-state index in [2.05, 4.69) is 36.9 Å². The van der Waals surface area contributed by atoms with E-state index in [0.717, 1.165) is 6.54 Å². The van der Waals surface area contributed by atoms with Gasteiger partial charge in [-0.1, -0.05) is 18.2 Å². The molecule has 3 nitrogen and oxygen atoms in total. The predicted molar refractivity (Wildman–Crippen MR) is 71.9 cm³/mol. The SMILES string of the molecule is Cc1ccc(CN(C)CC(O)CCN)cc1C. The first-order valence-electron chi connectivity index (χ1n) is 6.15. The normalized spacial score (nSPS) is 13.1. The molecular formula is C14H24N2O. The van der Waals surface area contributed by atoms with Gasteiger partial charge in [0.25, 0.3) is 0 Å². The van der Waals surface area contributed by atoms with Crippen molar-refractivity contribution in [2.45, 2.75) is 32.9 Å². The summed E-state index contributed by atoms with van der Waals surface area (Å²) in [6.45, 7) is 6.32. The third kappa shape index (κ3) is 4.86. The highest BCUT2D eigenvalue weighted by Gasteiger charge is 2.08. The molecule has 0 aromatic heterocycles. The fourth-order valence-corrected chi connectivity index (χ4v) is 1.92. The van der Waals surface area contributed by atoms with Gasteiger partial charge in [0.05, 0.1) is 6.10 Å². The Morgan fingerprint density at radius 2 is 2.00 bits per heavy atom. The van der Waals surface area contributed by atoms with Gasteiger partial charge in [-0.25, -0.2) is 0 Å². The van der Waals surface area contributed by atoms with Gasteiger partial charge < -0.3 is 10.8 Å². The van der Waals surface area contributed by atoms with E-state index in [9.17, 15) is 5.11 Å². The van der Waals surface area contributed by atoms with Crippen LogP contribution in [0, 0.1) is 13.8 Å². The minimum Gasteiger partial charge on any atom is -0.392 e. The molecule has 0 heterocycles. The molecule has 0 aliphatic rings. The lowest BCUT2D eigenvalue weighted by Crippen LogP contribution is -2.30. The second-order valence-electron chi connectivity index (χ2n) is 4.85. The molecule has 0 aliphatic carbocycles. The van der Waals surface area contributed by atoms with Gasteiger partial charge in [-0.2, -0.15) is 0 Å². The number of hydrogen-bond acceptors (Lipinski definition) is 3. The minimum absolute atomic E-state index is 0.323. The van der Waals surface area contributed by atoms with Crippen molar-refractivity contribution >= 4 is 0 Å². The van der Waals surface area contributed by atoms with Gasteiger partial charge in [-0.15, -0.1) is 0 Å². The van der Waals surface area contributed by atoms with Crippen LogP contribution in [0.15, 0.2) is 18.2 Å². The summed E-state index contributed by atoms with van der Waals surface area (Å²) in [4.78, 5) is 2.13. The van der Waals surface area contributed by atoms with Crippen LogP contribution in [-0.4, -0.2) is 36.2 Å². The molecule has 96 valence electrons. The van der Waals surface area contributed by atoms with E-state index in [1.807, 2.05) is 7.05 Å². The van der Waals surface area contributed by atoms with Crippen molar-refractivity contribution in [3.05, 3.63) is 34.9 Å². The highest BCUT2D eigenvalue weighted by molar-refractivity contribution is 5.29. The summed E-state index contributed by atoms with van der Waals surface area (Å²) in [6, 6.07) is 6.50. The van der Waals surface area contributed by atoms with Crippen LogP contribution in [0.25, 0.3) is 0 Å². The van der Waals surface area contributed by atoms with Crippen LogP contribution < -0.4 is 5.73 Å². The summed E-state index contributed by atoms with van der Waals surface area (Å²) in [5, 5.41) is 9.67. The lowest BCUT2D eigenvalue weighted by molar-refractivity contribution is 0.117. The van der Waals surface area contributed by atoms with Gasteiger partial charge in [0.15, 0.2) is 0 Å². The fraction of sp³-hybridized carbons (Fsp3) is 0.571. The van der Waals surface area contributed by atoms with E-state index >= 15 is 0 Å². The Morgan fingerprint density at radius 1 is 1.29 bits per heavy atom. The Kier molecular flexibility index (Phi) is 5.62. The molecule has 0 spiro atoms. The van der Waals surface area contributed by atoms with Gasteiger partial charge in [-0.05, 0) is 50.6 Å². The minimum atomic E-state index is -0.323. The molecule has 0 aliphatic heterocycles. The van der Waals surface area contributed by atoms with E-state index in [-0.39, 0.29) is 6.10 Å². The van der Waals surface area contributed by atoms with Crippen LogP contribution >= 0.6 is 0 Å². The van der Waals surface area contributed by atoms with Crippen LogP contribution in [0.3, 0.4) is 0 Å². The van der Waals surface area contributed by atoms with Gasteiger partial charge in [0, 0.05) is 13.1 Å². The molecule has 0 bridgehead atoms. The van der Waals surface area contributed by atoms with Crippen molar-refractivity contribution in [3.63, 3.8) is 0 Å². The Hall–Kier alpha value is -0.900. The van der Waals surface area contributed by atoms with E-state index in [1.54, 1.807) is 0 Å². The molecule has 1 rings (SSSR count). The standard InChI is InChI=1S/C14H24N2O/c1-11-4-5-13(8-12(11)2)9-16(3)10-14(17)6-7-15/h4-5,8,14,17H,6-7,9-10,15H2,1-3H3. The number of aryl methyl sites for hydroxylation is 2. The lowest BCUT2D eigenvalue weighted by Gasteiger charge is -2.20. The van der Waals surface area contributed by atoms with Crippen LogP contribution in [0.1, 0.15) is 23.1 Å². The number of benzene rings is 1. The molecular weight excluding hydrogens is 212 g/mol. The first kappa shape index (κ1) is 14.2. The monoisotopic (exact) mass is 236 g/mol. The zero-order valence-electron chi connectivity index (χ0n) is 11.1.